The summed E-state index contributed by atoms with van der Waals surface area (Å²) < 4.78 is 43.5. The molecular weight excluding hydrogens is 128 g/mol. The maximum atomic E-state index is 11.0. The quantitative estimate of drug-likeness (QED) is 0.294. The zero-order valence-electron chi connectivity index (χ0n) is 3.54. The van der Waals surface area contributed by atoms with Gasteiger partial charge in [-0.25, -0.2) is 0 Å². The molecule has 0 aliphatic heterocycles. The fourth-order valence-electron chi connectivity index (χ4n) is 0.0479. The maximum absolute atomic E-state index is 11.0. The zero-order valence-corrected chi connectivity index (χ0v) is 3.54. The lowest BCUT2D eigenvalue weighted by Crippen LogP contribution is -2.30. The predicted molar refractivity (Wildman–Crippen MR) is 18.8 cm³/mol. The molecule has 0 spiro atoms. The number of rotatable bonds is 0. The Balaban J connectivity index is 4.03. The molecule has 0 bridgehead atoms. The first-order chi connectivity index (χ1) is 3.48. The Kier molecular flexibility index (Phi) is 1.77. The summed E-state index contributed by atoms with van der Waals surface area (Å²) in [4.78, 5) is 0. The lowest BCUT2D eigenvalue weighted by Gasteiger charge is -1.99. The van der Waals surface area contributed by atoms with Gasteiger partial charge in [0.15, 0.2) is 0 Å². The maximum Gasteiger partial charge on any atom is 0.451 e. The minimum Gasteiger partial charge on any atom is -0.377 e. The van der Waals surface area contributed by atoms with Crippen molar-refractivity contribution < 1.29 is 17.7 Å². The van der Waals surface area contributed by atoms with Gasteiger partial charge in [0, 0.05) is 0 Å². The van der Waals surface area contributed by atoms with Crippen LogP contribution in [0.3, 0.4) is 0 Å². The van der Waals surface area contributed by atoms with E-state index in [9.17, 15) is 17.7 Å². The molecule has 0 saturated heterocycles. The monoisotopic (exact) mass is 130 g/mol. The summed E-state index contributed by atoms with van der Waals surface area (Å²) in [5.41, 5.74) is 4.00. The number of nitrogens with zero attached hydrogens (tertiary/aromatic N) is 1. The molecule has 48 valence electrons. The van der Waals surface area contributed by atoms with Crippen LogP contribution in [0.1, 0.15) is 0 Å². The van der Waals surface area contributed by atoms with E-state index in [1.165, 1.54) is 5.21 Å². The summed E-state index contributed by atoms with van der Waals surface area (Å²) >= 11 is 0. The molecule has 0 unspecified atom stereocenters. The van der Waals surface area contributed by atoms with Gasteiger partial charge in [0.05, 0.1) is 0 Å². The van der Waals surface area contributed by atoms with E-state index >= 15 is 0 Å². The number of hydrogen-bond donors (Lipinski definition) is 1. The smallest absolute Gasteiger partial charge is 0.377 e. The van der Waals surface area contributed by atoms with Crippen molar-refractivity contribution in [2.24, 2.45) is 10.9 Å². The van der Waals surface area contributed by atoms with Crippen molar-refractivity contribution in [1.82, 2.24) is 0 Å². The predicted octanol–water partition coefficient (Wildman–Crippen LogP) is 0.790. The minimum atomic E-state index is -4.84. The van der Waals surface area contributed by atoms with E-state index < -0.39 is 12.0 Å². The molecule has 0 heterocycles. The summed E-state index contributed by atoms with van der Waals surface area (Å²) in [6.45, 7) is 0. The average molecular weight is 130 g/mol. The second-order valence-electron chi connectivity index (χ2n) is 0.968. The van der Waals surface area contributed by atoms with Crippen molar-refractivity contribution in [3.05, 3.63) is 0 Å². The van der Waals surface area contributed by atoms with Crippen LogP contribution in [0.2, 0.25) is 0 Å². The lowest BCUT2D eigenvalue weighted by molar-refractivity contribution is -0.0610. The Hall–Kier alpha value is -0.810. The first kappa shape index (κ1) is 7.19. The van der Waals surface area contributed by atoms with E-state index in [4.69, 9.17) is 0 Å². The van der Waals surface area contributed by atoms with Crippen LogP contribution in [0.15, 0.2) is 5.21 Å². The summed E-state index contributed by atoms with van der Waals surface area (Å²) in [7, 11) is 0. The molecule has 0 fully saturated rings. The molecule has 0 aliphatic rings. The largest absolute Gasteiger partial charge is 0.451 e. The number of halogens is 4. The Bertz CT molecular complexity index is 103. The molecule has 0 aromatic rings. The van der Waals surface area contributed by atoms with Crippen LogP contribution < -0.4 is 5.73 Å². The van der Waals surface area contributed by atoms with Crippen LogP contribution >= 0.6 is 0 Å². The van der Waals surface area contributed by atoms with E-state index in [-0.39, 0.29) is 0 Å². The van der Waals surface area contributed by atoms with Gasteiger partial charge in [0.2, 0.25) is 5.84 Å². The highest BCUT2D eigenvalue weighted by atomic mass is 19.4. The van der Waals surface area contributed by atoms with Crippen LogP contribution in [0, 0.1) is 0 Å². The van der Waals surface area contributed by atoms with Crippen molar-refractivity contribution in [3.63, 3.8) is 0 Å². The molecule has 0 rings (SSSR count). The van der Waals surface area contributed by atoms with Gasteiger partial charge in [0.1, 0.15) is 0 Å². The summed E-state index contributed by atoms with van der Waals surface area (Å²) in [6, 6.07) is 0. The van der Waals surface area contributed by atoms with Gasteiger partial charge in [0.25, 0.3) is 0 Å². The third kappa shape index (κ3) is 1.76. The molecule has 0 saturated carbocycles. The number of alkyl halides is 3. The second kappa shape index (κ2) is 1.97. The highest BCUT2D eigenvalue weighted by molar-refractivity contribution is 5.85. The molecule has 0 radical (unpaired) electrons. The van der Waals surface area contributed by atoms with E-state index in [1.807, 2.05) is 0 Å². The van der Waals surface area contributed by atoms with Gasteiger partial charge in [-0.05, 0) is 0 Å². The molecule has 2 N–H and O–H groups in total. The molecule has 0 aromatic carbocycles. The molecule has 2 nitrogen and oxygen atoms in total. The van der Waals surface area contributed by atoms with E-state index in [2.05, 4.69) is 5.73 Å². The number of amidine groups is 1. The summed E-state index contributed by atoms with van der Waals surface area (Å²) in [5.74, 6) is -1.96. The Labute approximate surface area is 41.9 Å². The average Bonchev–Trinajstić information content (AvgIpc) is 1.62. The van der Waals surface area contributed by atoms with E-state index in [0.29, 0.717) is 0 Å². The van der Waals surface area contributed by atoms with E-state index in [0.717, 1.165) is 0 Å². The number of hydrogen-bond acceptors (Lipinski definition) is 1. The topological polar surface area (TPSA) is 38.4 Å². The van der Waals surface area contributed by atoms with Gasteiger partial charge in [-0.3, -0.25) is 0 Å². The Morgan fingerprint density at radius 2 is 1.75 bits per heavy atom. The van der Waals surface area contributed by atoms with Gasteiger partial charge < -0.3 is 5.73 Å². The van der Waals surface area contributed by atoms with Gasteiger partial charge in [-0.2, -0.15) is 13.2 Å². The molecule has 8 heavy (non-hydrogen) atoms. The fraction of sp³-hybridized carbons (Fsp3) is 0.500. The van der Waals surface area contributed by atoms with Crippen LogP contribution in [0.4, 0.5) is 17.7 Å². The highest BCUT2D eigenvalue weighted by Gasteiger charge is 2.33. The Morgan fingerprint density at radius 1 is 1.38 bits per heavy atom. The first-order valence-corrected chi connectivity index (χ1v) is 1.50. The molecule has 0 amide bonds. The van der Waals surface area contributed by atoms with E-state index in [1.54, 1.807) is 0 Å². The lowest BCUT2D eigenvalue weighted by atomic mass is 10.6. The molecule has 0 atom stereocenters. The Morgan fingerprint density at radius 3 is 1.75 bits per heavy atom. The van der Waals surface area contributed by atoms with Crippen LogP contribution in [-0.2, 0) is 0 Å². The van der Waals surface area contributed by atoms with Crippen molar-refractivity contribution in [2.75, 3.05) is 0 Å². The molecule has 0 aliphatic carbocycles. The normalized spacial score (nSPS) is 14.2. The number of nitrogens with two attached hydrogens (primary N) is 1. The second-order valence-corrected chi connectivity index (χ2v) is 0.968. The van der Waals surface area contributed by atoms with Crippen LogP contribution in [0.5, 0.6) is 0 Å². The third-order valence-electron chi connectivity index (χ3n) is 0.381. The molecule has 0 aromatic heterocycles. The van der Waals surface area contributed by atoms with Gasteiger partial charge >= 0.3 is 6.18 Å². The van der Waals surface area contributed by atoms with Crippen LogP contribution in [-0.4, -0.2) is 12.0 Å². The molecule has 6 heteroatoms. The zero-order chi connectivity index (χ0) is 6.78. The molecular formula is C2H2F4N2. The summed E-state index contributed by atoms with van der Waals surface area (Å²) in [6.07, 6.45) is -4.84. The highest BCUT2D eigenvalue weighted by Crippen LogP contribution is 2.13. The third-order valence-corrected chi connectivity index (χ3v) is 0.381. The summed E-state index contributed by atoms with van der Waals surface area (Å²) in [5, 5.41) is 1.23. The van der Waals surface area contributed by atoms with Crippen LogP contribution in [0.25, 0.3) is 0 Å². The van der Waals surface area contributed by atoms with Gasteiger partial charge in [-0.1, -0.05) is 9.70 Å². The van der Waals surface area contributed by atoms with Crippen molar-refractivity contribution in [1.29, 1.82) is 0 Å². The minimum absolute atomic E-state index is 1.23. The SMILES string of the molecule is N/C(=N/F)C(F)(F)F. The fourth-order valence-corrected chi connectivity index (χ4v) is 0.0479. The van der Waals surface area contributed by atoms with Gasteiger partial charge in [-0.15, -0.1) is 0 Å². The standard InChI is InChI=1S/C2H2F4N2/c3-2(4,5)1(7)8-6/h(H2,7,8). The first-order valence-electron chi connectivity index (χ1n) is 1.50. The van der Waals surface area contributed by atoms with Crippen molar-refractivity contribution in [3.8, 4) is 0 Å². The van der Waals surface area contributed by atoms with Crippen molar-refractivity contribution in [2.45, 2.75) is 6.18 Å². The van der Waals surface area contributed by atoms with Crippen molar-refractivity contribution >= 4 is 5.84 Å².